The van der Waals surface area contributed by atoms with Gasteiger partial charge < -0.3 is 10.0 Å². The number of rotatable bonds is 6. The van der Waals surface area contributed by atoms with E-state index in [2.05, 4.69) is 9.71 Å². The van der Waals surface area contributed by atoms with Crippen LogP contribution in [0.5, 0.6) is 0 Å². The molecule has 21 heavy (non-hydrogen) atoms. The van der Waals surface area contributed by atoms with Gasteiger partial charge in [-0.05, 0) is 25.2 Å². The number of anilines is 1. The highest BCUT2D eigenvalue weighted by Gasteiger charge is 2.35. The van der Waals surface area contributed by atoms with Crippen molar-refractivity contribution in [2.75, 3.05) is 24.5 Å². The molecule has 2 fully saturated rings. The molecule has 1 aromatic heterocycles. The van der Waals surface area contributed by atoms with Crippen molar-refractivity contribution in [2.24, 2.45) is 5.92 Å². The quantitative estimate of drug-likeness (QED) is 0.798. The average molecular weight is 331 g/mol. The third-order valence-corrected chi connectivity index (χ3v) is 6.57. The minimum atomic E-state index is -3.30. The molecule has 1 saturated heterocycles. The zero-order chi connectivity index (χ0) is 15.0. The van der Waals surface area contributed by atoms with Crippen LogP contribution in [0.2, 0.25) is 0 Å². The van der Waals surface area contributed by atoms with E-state index in [1.807, 2.05) is 4.90 Å². The molecule has 1 aliphatic heterocycles. The Kier molecular flexibility index (Phi) is 3.89. The number of thiazole rings is 1. The lowest BCUT2D eigenvalue weighted by Crippen LogP contribution is -2.37. The molecule has 1 aromatic rings. The minimum Gasteiger partial charge on any atom is -0.476 e. The molecule has 0 bridgehead atoms. The SMILES string of the molecule is O=C(O)c1csc(N2CCC(S(=O)(=O)NCC3CC3)C2)n1. The number of sulfonamides is 1. The third kappa shape index (κ3) is 3.35. The first-order valence-corrected chi connectivity index (χ1v) is 9.30. The van der Waals surface area contributed by atoms with E-state index >= 15 is 0 Å². The Morgan fingerprint density at radius 1 is 1.48 bits per heavy atom. The van der Waals surface area contributed by atoms with Gasteiger partial charge in [-0.15, -0.1) is 11.3 Å². The van der Waals surface area contributed by atoms with Gasteiger partial charge in [0.1, 0.15) is 0 Å². The monoisotopic (exact) mass is 331 g/mol. The maximum atomic E-state index is 12.2. The van der Waals surface area contributed by atoms with E-state index in [1.165, 1.54) is 16.7 Å². The highest BCUT2D eigenvalue weighted by Crippen LogP contribution is 2.29. The van der Waals surface area contributed by atoms with Crippen molar-refractivity contribution in [2.45, 2.75) is 24.5 Å². The number of aromatic nitrogens is 1. The van der Waals surface area contributed by atoms with Crippen LogP contribution in [-0.4, -0.2) is 49.4 Å². The van der Waals surface area contributed by atoms with Gasteiger partial charge in [-0.3, -0.25) is 0 Å². The van der Waals surface area contributed by atoms with Gasteiger partial charge in [0.15, 0.2) is 10.8 Å². The number of carboxylic acids is 1. The number of carboxylic acid groups (broad SMARTS) is 1. The number of hydrogen-bond donors (Lipinski definition) is 2. The van der Waals surface area contributed by atoms with Gasteiger partial charge in [0, 0.05) is 25.0 Å². The summed E-state index contributed by atoms with van der Waals surface area (Å²) in [6.45, 7) is 1.49. The minimum absolute atomic E-state index is 0.00756. The molecular weight excluding hydrogens is 314 g/mol. The molecule has 2 heterocycles. The predicted octanol–water partition coefficient (Wildman–Crippen LogP) is 0.749. The summed E-state index contributed by atoms with van der Waals surface area (Å²) in [6, 6.07) is 0. The van der Waals surface area contributed by atoms with Gasteiger partial charge >= 0.3 is 5.97 Å². The molecule has 1 saturated carbocycles. The van der Waals surface area contributed by atoms with Crippen molar-refractivity contribution < 1.29 is 18.3 Å². The van der Waals surface area contributed by atoms with Gasteiger partial charge in [0.2, 0.25) is 10.0 Å². The molecular formula is C12H17N3O4S2. The van der Waals surface area contributed by atoms with Crippen LogP contribution in [0.15, 0.2) is 5.38 Å². The van der Waals surface area contributed by atoms with E-state index in [0.717, 1.165) is 12.8 Å². The number of nitrogens with zero attached hydrogens (tertiary/aromatic N) is 2. The smallest absolute Gasteiger partial charge is 0.355 e. The molecule has 0 radical (unpaired) electrons. The molecule has 1 unspecified atom stereocenters. The van der Waals surface area contributed by atoms with Crippen molar-refractivity contribution >= 4 is 32.5 Å². The summed E-state index contributed by atoms with van der Waals surface area (Å²) in [5, 5.41) is 10.5. The van der Waals surface area contributed by atoms with Crippen LogP contribution in [0, 0.1) is 5.92 Å². The first-order chi connectivity index (χ1) is 9.95. The summed E-state index contributed by atoms with van der Waals surface area (Å²) in [6.07, 6.45) is 2.76. The van der Waals surface area contributed by atoms with Crippen LogP contribution in [0.3, 0.4) is 0 Å². The van der Waals surface area contributed by atoms with Crippen LogP contribution in [0.25, 0.3) is 0 Å². The third-order valence-electron chi connectivity index (χ3n) is 3.84. The van der Waals surface area contributed by atoms with Gasteiger partial charge in [-0.25, -0.2) is 22.9 Å². The van der Waals surface area contributed by atoms with E-state index in [-0.39, 0.29) is 5.69 Å². The topological polar surface area (TPSA) is 99.6 Å². The Hall–Kier alpha value is -1.19. The number of carbonyl (C=O) groups is 1. The molecule has 3 rings (SSSR count). The summed E-state index contributed by atoms with van der Waals surface area (Å²) >= 11 is 1.23. The molecule has 7 nitrogen and oxygen atoms in total. The van der Waals surface area contributed by atoms with Crippen molar-refractivity contribution in [3.8, 4) is 0 Å². The summed E-state index contributed by atoms with van der Waals surface area (Å²) in [7, 11) is -3.30. The molecule has 0 aromatic carbocycles. The van der Waals surface area contributed by atoms with Gasteiger partial charge in [-0.2, -0.15) is 0 Å². The molecule has 0 amide bonds. The Bertz CT molecular complexity index is 639. The van der Waals surface area contributed by atoms with Crippen LogP contribution >= 0.6 is 11.3 Å². The largest absolute Gasteiger partial charge is 0.476 e. The van der Waals surface area contributed by atoms with E-state index in [4.69, 9.17) is 5.11 Å². The molecule has 1 atom stereocenters. The van der Waals surface area contributed by atoms with Crippen LogP contribution in [0.1, 0.15) is 29.8 Å². The van der Waals surface area contributed by atoms with E-state index < -0.39 is 21.2 Å². The van der Waals surface area contributed by atoms with Crippen LogP contribution in [0.4, 0.5) is 5.13 Å². The standard InChI is InChI=1S/C12H17N3O4S2/c16-11(17)10-7-20-12(14-10)15-4-3-9(6-15)21(18,19)13-5-8-1-2-8/h7-9,13H,1-6H2,(H,16,17). The Labute approximate surface area is 127 Å². The fourth-order valence-corrected chi connectivity index (χ4v) is 4.67. The lowest BCUT2D eigenvalue weighted by Gasteiger charge is -2.15. The fraction of sp³-hybridized carbons (Fsp3) is 0.667. The highest BCUT2D eigenvalue weighted by molar-refractivity contribution is 7.90. The summed E-state index contributed by atoms with van der Waals surface area (Å²) in [5.41, 5.74) is 0.00756. The van der Waals surface area contributed by atoms with E-state index in [0.29, 0.717) is 37.1 Å². The normalized spacial score (nSPS) is 22.7. The van der Waals surface area contributed by atoms with Crippen LogP contribution in [-0.2, 0) is 10.0 Å². The molecule has 2 aliphatic rings. The molecule has 0 spiro atoms. The highest BCUT2D eigenvalue weighted by atomic mass is 32.2. The Morgan fingerprint density at radius 2 is 2.24 bits per heavy atom. The molecule has 1 aliphatic carbocycles. The first-order valence-electron chi connectivity index (χ1n) is 6.88. The first kappa shape index (κ1) is 14.7. The molecule has 9 heteroatoms. The van der Waals surface area contributed by atoms with Crippen molar-refractivity contribution in [3.63, 3.8) is 0 Å². The zero-order valence-electron chi connectivity index (χ0n) is 11.4. The summed E-state index contributed by atoms with van der Waals surface area (Å²) in [5.74, 6) is -0.554. The summed E-state index contributed by atoms with van der Waals surface area (Å²) in [4.78, 5) is 16.7. The predicted molar refractivity (Wildman–Crippen MR) is 79.3 cm³/mol. The van der Waals surface area contributed by atoms with Crippen molar-refractivity contribution in [3.05, 3.63) is 11.1 Å². The van der Waals surface area contributed by atoms with Crippen molar-refractivity contribution in [1.82, 2.24) is 9.71 Å². The maximum absolute atomic E-state index is 12.2. The fourth-order valence-electron chi connectivity index (χ4n) is 2.34. The van der Waals surface area contributed by atoms with Crippen molar-refractivity contribution in [1.29, 1.82) is 0 Å². The van der Waals surface area contributed by atoms with E-state index in [9.17, 15) is 13.2 Å². The molecule has 116 valence electrons. The number of nitrogens with one attached hydrogen (secondary N) is 1. The second kappa shape index (κ2) is 5.54. The van der Waals surface area contributed by atoms with Gasteiger partial charge in [-0.1, -0.05) is 0 Å². The lowest BCUT2D eigenvalue weighted by atomic mass is 10.4. The second-order valence-electron chi connectivity index (χ2n) is 5.51. The van der Waals surface area contributed by atoms with Gasteiger partial charge in [0.05, 0.1) is 5.25 Å². The number of aromatic carboxylic acids is 1. The maximum Gasteiger partial charge on any atom is 0.355 e. The Morgan fingerprint density at radius 3 is 2.86 bits per heavy atom. The van der Waals surface area contributed by atoms with E-state index in [1.54, 1.807) is 0 Å². The second-order valence-corrected chi connectivity index (χ2v) is 8.40. The zero-order valence-corrected chi connectivity index (χ0v) is 13.0. The van der Waals surface area contributed by atoms with Crippen LogP contribution < -0.4 is 9.62 Å². The molecule has 2 N–H and O–H groups in total. The lowest BCUT2D eigenvalue weighted by molar-refractivity contribution is 0.0691. The van der Waals surface area contributed by atoms with Gasteiger partial charge in [0.25, 0.3) is 0 Å². The number of hydrogen-bond acceptors (Lipinski definition) is 6. The average Bonchev–Trinajstić information content (AvgIpc) is 2.93. The summed E-state index contributed by atoms with van der Waals surface area (Å²) < 4.78 is 27.1. The Balaban J connectivity index is 1.62.